The normalized spacial score (nSPS) is 11.1. The van der Waals surface area contributed by atoms with Gasteiger partial charge >= 0.3 is 0 Å². The molecule has 2 aromatic rings. The van der Waals surface area contributed by atoms with Crippen LogP contribution in [0.1, 0.15) is 50.0 Å². The summed E-state index contributed by atoms with van der Waals surface area (Å²) in [4.78, 5) is 12.7. The molecule has 1 amide bonds. The molecule has 7 heteroatoms. The molecule has 2 rings (SSSR count). The predicted octanol–water partition coefficient (Wildman–Crippen LogP) is 4.13. The van der Waals surface area contributed by atoms with E-state index in [2.05, 4.69) is 10.5 Å². The van der Waals surface area contributed by atoms with E-state index in [0.717, 1.165) is 5.56 Å². The maximum absolute atomic E-state index is 12.7. The number of aromatic hydroxyl groups is 1. The lowest BCUT2D eigenvalue weighted by Gasteiger charge is -2.16. The van der Waals surface area contributed by atoms with Gasteiger partial charge in [-0.1, -0.05) is 6.92 Å². The molecule has 0 spiro atoms. The van der Waals surface area contributed by atoms with Crippen molar-refractivity contribution in [2.75, 3.05) is 19.8 Å². The lowest BCUT2D eigenvalue weighted by molar-refractivity contribution is 0.0953. The summed E-state index contributed by atoms with van der Waals surface area (Å²) in [6.07, 6.45) is 0.614. The van der Waals surface area contributed by atoms with Crippen molar-refractivity contribution in [3.63, 3.8) is 0 Å². The number of hydrogen-bond donors (Lipinski definition) is 2. The van der Waals surface area contributed by atoms with E-state index in [-0.39, 0.29) is 11.7 Å². The molecule has 0 aliphatic heterocycles. The van der Waals surface area contributed by atoms with Crippen molar-refractivity contribution in [3.8, 4) is 23.0 Å². The van der Waals surface area contributed by atoms with Crippen molar-refractivity contribution in [3.05, 3.63) is 47.5 Å². The van der Waals surface area contributed by atoms with Gasteiger partial charge in [-0.25, -0.2) is 5.43 Å². The molecule has 0 aromatic heterocycles. The Hall–Kier alpha value is -3.22. The third-order valence-electron chi connectivity index (χ3n) is 4.00. The molecule has 0 radical (unpaired) electrons. The number of phenols is 1. The van der Waals surface area contributed by atoms with Gasteiger partial charge in [0.05, 0.1) is 25.5 Å². The minimum Gasteiger partial charge on any atom is -0.508 e. The molecule has 0 saturated heterocycles. The van der Waals surface area contributed by atoms with Crippen LogP contribution in [0, 0.1) is 0 Å². The fraction of sp³-hybridized carbons (Fsp3) is 0.364. The van der Waals surface area contributed by atoms with E-state index in [9.17, 15) is 9.90 Å². The molecule has 0 heterocycles. The van der Waals surface area contributed by atoms with Gasteiger partial charge in [0.15, 0.2) is 11.5 Å². The first-order valence-corrected chi connectivity index (χ1v) is 9.76. The third-order valence-corrected chi connectivity index (χ3v) is 4.00. The Balaban J connectivity index is 2.31. The highest BCUT2D eigenvalue weighted by molar-refractivity contribution is 6.02. The summed E-state index contributed by atoms with van der Waals surface area (Å²) in [7, 11) is 0. The summed E-state index contributed by atoms with van der Waals surface area (Å²) in [5.74, 6) is 1.16. The predicted molar refractivity (Wildman–Crippen MR) is 112 cm³/mol. The number of nitrogens with one attached hydrogen (secondary N) is 1. The Morgan fingerprint density at radius 2 is 1.45 bits per heavy atom. The highest BCUT2D eigenvalue weighted by atomic mass is 16.5. The van der Waals surface area contributed by atoms with E-state index in [4.69, 9.17) is 14.2 Å². The molecule has 0 saturated carbocycles. The number of carbonyl (C=O) groups is 1. The van der Waals surface area contributed by atoms with Gasteiger partial charge in [-0.15, -0.1) is 0 Å². The number of hydrazone groups is 1. The largest absolute Gasteiger partial charge is 0.508 e. The SMILES string of the molecule is CCOc1cc(C(=O)N/N=C(\CC)c2ccc(O)cc2)cc(OCC)c1OCC. The van der Waals surface area contributed by atoms with Crippen LogP contribution in [0.2, 0.25) is 0 Å². The van der Waals surface area contributed by atoms with Crippen LogP contribution in [0.15, 0.2) is 41.5 Å². The van der Waals surface area contributed by atoms with Crippen LogP contribution >= 0.6 is 0 Å². The molecule has 7 nitrogen and oxygen atoms in total. The highest BCUT2D eigenvalue weighted by Gasteiger charge is 2.18. The topological polar surface area (TPSA) is 89.4 Å². The van der Waals surface area contributed by atoms with E-state index >= 15 is 0 Å². The molecule has 0 unspecified atom stereocenters. The second-order valence-electron chi connectivity index (χ2n) is 6.00. The van der Waals surface area contributed by atoms with E-state index in [0.29, 0.717) is 54.8 Å². The molecular formula is C22H28N2O5. The van der Waals surface area contributed by atoms with E-state index in [1.165, 1.54) is 0 Å². The molecule has 0 fully saturated rings. The van der Waals surface area contributed by atoms with Crippen molar-refractivity contribution in [2.45, 2.75) is 34.1 Å². The first-order valence-electron chi connectivity index (χ1n) is 9.76. The molecule has 0 aliphatic carbocycles. The Bertz CT molecular complexity index is 820. The van der Waals surface area contributed by atoms with Crippen molar-refractivity contribution < 1.29 is 24.1 Å². The third kappa shape index (κ3) is 5.88. The van der Waals surface area contributed by atoms with Crippen LogP contribution in [0.5, 0.6) is 23.0 Å². The lowest BCUT2D eigenvalue weighted by atomic mass is 10.1. The molecule has 2 aromatic carbocycles. The Morgan fingerprint density at radius 1 is 0.897 bits per heavy atom. The van der Waals surface area contributed by atoms with Crippen LogP contribution in [-0.2, 0) is 0 Å². The maximum atomic E-state index is 12.7. The Morgan fingerprint density at radius 3 is 1.93 bits per heavy atom. The van der Waals surface area contributed by atoms with Crippen molar-refractivity contribution in [1.29, 1.82) is 0 Å². The summed E-state index contributed by atoms with van der Waals surface area (Å²) < 4.78 is 17.0. The standard InChI is InChI=1S/C22H28N2O5/c1-5-18(15-9-11-17(25)12-10-15)23-24-22(26)16-13-19(27-6-2)21(29-8-4)20(14-16)28-7-3/h9-14,25H,5-8H2,1-4H3,(H,24,26)/b23-18+. The van der Waals surface area contributed by atoms with Crippen molar-refractivity contribution in [2.24, 2.45) is 5.10 Å². The quantitative estimate of drug-likeness (QED) is 0.462. The summed E-state index contributed by atoms with van der Waals surface area (Å²) in [5.41, 5.74) is 4.46. The summed E-state index contributed by atoms with van der Waals surface area (Å²) in [6, 6.07) is 9.90. The van der Waals surface area contributed by atoms with Crippen LogP contribution < -0.4 is 19.6 Å². The van der Waals surface area contributed by atoms with Gasteiger partial charge < -0.3 is 19.3 Å². The molecule has 0 atom stereocenters. The summed E-state index contributed by atoms with van der Waals surface area (Å²) in [6.45, 7) is 8.83. The van der Waals surface area contributed by atoms with Gasteiger partial charge in [0.2, 0.25) is 5.75 Å². The van der Waals surface area contributed by atoms with Crippen LogP contribution in [0.4, 0.5) is 0 Å². The highest BCUT2D eigenvalue weighted by Crippen LogP contribution is 2.39. The summed E-state index contributed by atoms with van der Waals surface area (Å²) >= 11 is 0. The molecule has 156 valence electrons. The average molecular weight is 400 g/mol. The number of nitrogens with zero attached hydrogens (tertiary/aromatic N) is 1. The fourth-order valence-corrected chi connectivity index (χ4v) is 2.70. The minimum absolute atomic E-state index is 0.175. The number of carbonyl (C=O) groups excluding carboxylic acids is 1. The zero-order valence-electron chi connectivity index (χ0n) is 17.3. The number of amides is 1. The van der Waals surface area contributed by atoms with Gasteiger partial charge in [0, 0.05) is 5.56 Å². The summed E-state index contributed by atoms with van der Waals surface area (Å²) in [5, 5.41) is 13.7. The first kappa shape index (κ1) is 22.1. The van der Waals surface area contributed by atoms with Gasteiger partial charge in [-0.3, -0.25) is 4.79 Å². The molecule has 2 N–H and O–H groups in total. The first-order chi connectivity index (χ1) is 14.0. The number of rotatable bonds is 10. The van der Waals surface area contributed by atoms with Gasteiger partial charge in [0.25, 0.3) is 5.91 Å². The van der Waals surface area contributed by atoms with Crippen molar-refractivity contribution >= 4 is 11.6 Å². The van der Waals surface area contributed by atoms with Crippen LogP contribution in [0.25, 0.3) is 0 Å². The zero-order valence-corrected chi connectivity index (χ0v) is 17.3. The smallest absolute Gasteiger partial charge is 0.271 e. The number of ether oxygens (including phenoxy) is 3. The zero-order chi connectivity index (χ0) is 21.2. The van der Waals surface area contributed by atoms with Gasteiger partial charge in [0.1, 0.15) is 5.75 Å². The molecule has 29 heavy (non-hydrogen) atoms. The molecule has 0 aliphatic rings. The van der Waals surface area contributed by atoms with Gasteiger partial charge in [-0.05, 0) is 69.2 Å². The van der Waals surface area contributed by atoms with E-state index in [1.807, 2.05) is 27.7 Å². The van der Waals surface area contributed by atoms with Crippen LogP contribution in [0.3, 0.4) is 0 Å². The molecular weight excluding hydrogens is 372 g/mol. The Kier molecular flexibility index (Phi) is 8.33. The van der Waals surface area contributed by atoms with Crippen LogP contribution in [-0.4, -0.2) is 36.5 Å². The lowest BCUT2D eigenvalue weighted by Crippen LogP contribution is -2.20. The van der Waals surface area contributed by atoms with Crippen molar-refractivity contribution in [1.82, 2.24) is 5.43 Å². The average Bonchev–Trinajstić information content (AvgIpc) is 2.72. The second kappa shape index (κ2) is 10.9. The number of benzene rings is 2. The van der Waals surface area contributed by atoms with Gasteiger partial charge in [-0.2, -0.15) is 5.10 Å². The maximum Gasteiger partial charge on any atom is 0.271 e. The Labute approximate surface area is 171 Å². The van der Waals surface area contributed by atoms with E-state index in [1.54, 1.807) is 36.4 Å². The molecule has 0 bridgehead atoms. The number of phenolic OH excluding ortho intramolecular Hbond substituents is 1. The minimum atomic E-state index is -0.389. The number of hydrogen-bond acceptors (Lipinski definition) is 6. The fourth-order valence-electron chi connectivity index (χ4n) is 2.70. The monoisotopic (exact) mass is 400 g/mol. The second-order valence-corrected chi connectivity index (χ2v) is 6.00. The van der Waals surface area contributed by atoms with E-state index < -0.39 is 0 Å².